The summed E-state index contributed by atoms with van der Waals surface area (Å²) in [4.78, 5) is 21.2. The summed E-state index contributed by atoms with van der Waals surface area (Å²) >= 11 is 1.10. The number of hydrogen-bond acceptors (Lipinski definition) is 5. The topological polar surface area (TPSA) is 98.3 Å². The molecule has 0 saturated heterocycles. The average Bonchev–Trinajstić information content (AvgIpc) is 2.86. The molecule has 0 aliphatic heterocycles. The summed E-state index contributed by atoms with van der Waals surface area (Å²) < 4.78 is 0. The molecule has 104 valence electrons. The van der Waals surface area contributed by atoms with Crippen LogP contribution >= 0.6 is 11.3 Å². The van der Waals surface area contributed by atoms with Crippen LogP contribution in [0, 0.1) is 17.0 Å². The lowest BCUT2D eigenvalue weighted by Crippen LogP contribution is -2.11. The summed E-state index contributed by atoms with van der Waals surface area (Å²) in [6.07, 6.45) is 0. The van der Waals surface area contributed by atoms with E-state index in [1.165, 1.54) is 0 Å². The van der Waals surface area contributed by atoms with E-state index in [9.17, 15) is 14.9 Å². The first kappa shape index (κ1) is 14.0. The van der Waals surface area contributed by atoms with E-state index in [0.29, 0.717) is 12.1 Å². The third kappa shape index (κ3) is 3.12. The maximum Gasteiger partial charge on any atom is 0.324 e. The normalized spacial score (nSPS) is 10.2. The molecule has 6 nitrogen and oxygen atoms in total. The van der Waals surface area contributed by atoms with Crippen molar-refractivity contribution >= 4 is 27.9 Å². The quantitative estimate of drug-likeness (QED) is 0.653. The highest BCUT2D eigenvalue weighted by Crippen LogP contribution is 2.24. The summed E-state index contributed by atoms with van der Waals surface area (Å²) in [7, 11) is 0. The maximum atomic E-state index is 11.0. The van der Waals surface area contributed by atoms with E-state index in [-0.39, 0.29) is 5.00 Å². The predicted molar refractivity (Wildman–Crippen MR) is 78.0 cm³/mol. The lowest BCUT2D eigenvalue weighted by atomic mass is 10.1. The van der Waals surface area contributed by atoms with Gasteiger partial charge in [-0.15, -0.1) is 0 Å². The van der Waals surface area contributed by atoms with Gasteiger partial charge < -0.3 is 11.1 Å². The summed E-state index contributed by atoms with van der Waals surface area (Å²) in [6, 6.07) is 6.68. The van der Waals surface area contributed by atoms with Crippen molar-refractivity contribution in [3.8, 4) is 0 Å². The van der Waals surface area contributed by atoms with Crippen LogP contribution < -0.4 is 11.1 Å². The van der Waals surface area contributed by atoms with Gasteiger partial charge in [0.25, 0.3) is 0 Å². The molecular formula is C13H13N3O3S. The SMILES string of the molecule is Cc1cc(C(N)=O)ccc1NCc1csc([N+](=O)[O-])c1. The minimum absolute atomic E-state index is 0.127. The molecule has 0 bridgehead atoms. The number of thiophene rings is 1. The van der Waals surface area contributed by atoms with Gasteiger partial charge in [0.15, 0.2) is 0 Å². The Morgan fingerprint density at radius 2 is 2.20 bits per heavy atom. The van der Waals surface area contributed by atoms with Gasteiger partial charge in [0.1, 0.15) is 0 Å². The molecule has 2 aromatic rings. The Morgan fingerprint density at radius 1 is 1.45 bits per heavy atom. The van der Waals surface area contributed by atoms with Crippen molar-refractivity contribution < 1.29 is 9.72 Å². The van der Waals surface area contributed by atoms with Crippen LogP contribution in [0.2, 0.25) is 0 Å². The van der Waals surface area contributed by atoms with Crippen molar-refractivity contribution in [1.82, 2.24) is 0 Å². The molecule has 0 aliphatic rings. The van der Waals surface area contributed by atoms with Crippen LogP contribution in [0.3, 0.4) is 0 Å². The van der Waals surface area contributed by atoms with Crippen molar-refractivity contribution in [2.75, 3.05) is 5.32 Å². The van der Waals surface area contributed by atoms with Crippen LogP contribution in [0.4, 0.5) is 10.7 Å². The first-order chi connectivity index (χ1) is 9.47. The number of nitro groups is 1. The van der Waals surface area contributed by atoms with Gasteiger partial charge in [0.05, 0.1) is 4.92 Å². The molecule has 20 heavy (non-hydrogen) atoms. The highest BCUT2D eigenvalue weighted by Gasteiger charge is 2.10. The second kappa shape index (κ2) is 5.70. The van der Waals surface area contributed by atoms with Crippen LogP contribution in [0.15, 0.2) is 29.6 Å². The van der Waals surface area contributed by atoms with Crippen LogP contribution in [0.25, 0.3) is 0 Å². The van der Waals surface area contributed by atoms with Crippen LogP contribution in [-0.2, 0) is 6.54 Å². The van der Waals surface area contributed by atoms with E-state index in [2.05, 4.69) is 5.32 Å². The molecular weight excluding hydrogens is 278 g/mol. The summed E-state index contributed by atoms with van der Waals surface area (Å²) in [5.41, 5.74) is 8.27. The number of amides is 1. The molecule has 0 radical (unpaired) electrons. The van der Waals surface area contributed by atoms with Gasteiger partial charge in [-0.2, -0.15) is 0 Å². The van der Waals surface area contributed by atoms with Gasteiger partial charge in [0.2, 0.25) is 5.91 Å². The number of anilines is 1. The zero-order chi connectivity index (χ0) is 14.7. The number of nitrogens with zero attached hydrogens (tertiary/aromatic N) is 1. The number of nitrogens with two attached hydrogens (primary N) is 1. The maximum absolute atomic E-state index is 11.0. The number of carbonyl (C=O) groups excluding carboxylic acids is 1. The molecule has 0 aliphatic carbocycles. The van der Waals surface area contributed by atoms with E-state index >= 15 is 0 Å². The number of carbonyl (C=O) groups is 1. The molecule has 1 aromatic heterocycles. The second-order valence-electron chi connectivity index (χ2n) is 4.30. The van der Waals surface area contributed by atoms with E-state index in [1.807, 2.05) is 6.92 Å². The largest absolute Gasteiger partial charge is 0.381 e. The van der Waals surface area contributed by atoms with Gasteiger partial charge >= 0.3 is 5.00 Å². The molecule has 0 saturated carbocycles. The molecule has 0 fully saturated rings. The number of hydrogen-bond donors (Lipinski definition) is 2. The Morgan fingerprint density at radius 3 is 2.75 bits per heavy atom. The molecule has 0 spiro atoms. The standard InChI is InChI=1S/C13H13N3O3S/c1-8-4-10(13(14)17)2-3-11(8)15-6-9-5-12(16(18)19)20-7-9/h2-5,7,15H,6H2,1H3,(H2,14,17). The zero-order valence-electron chi connectivity index (χ0n) is 10.8. The van der Waals surface area contributed by atoms with Gasteiger partial charge in [-0.1, -0.05) is 11.3 Å². The fourth-order valence-corrected chi connectivity index (χ4v) is 2.49. The molecule has 0 atom stereocenters. The first-order valence-corrected chi connectivity index (χ1v) is 6.71. The van der Waals surface area contributed by atoms with Gasteiger partial charge in [-0.3, -0.25) is 14.9 Å². The van der Waals surface area contributed by atoms with Crippen molar-refractivity contribution in [3.63, 3.8) is 0 Å². The number of benzene rings is 1. The summed E-state index contributed by atoms with van der Waals surface area (Å²) in [5.74, 6) is -0.465. The van der Waals surface area contributed by atoms with Crippen LogP contribution in [0.5, 0.6) is 0 Å². The Hall–Kier alpha value is -2.41. The third-order valence-corrected chi connectivity index (χ3v) is 3.74. The van der Waals surface area contributed by atoms with Crippen LogP contribution in [0.1, 0.15) is 21.5 Å². The fraction of sp³-hybridized carbons (Fsp3) is 0.154. The number of nitrogens with one attached hydrogen (secondary N) is 1. The molecule has 1 amide bonds. The van der Waals surface area contributed by atoms with Gasteiger partial charge in [0, 0.05) is 29.2 Å². The van der Waals surface area contributed by atoms with Gasteiger partial charge in [-0.05, 0) is 36.2 Å². The lowest BCUT2D eigenvalue weighted by Gasteiger charge is -2.09. The third-order valence-electron chi connectivity index (χ3n) is 2.81. The Balaban J connectivity index is 2.06. The lowest BCUT2D eigenvalue weighted by molar-refractivity contribution is -0.380. The van der Waals surface area contributed by atoms with Crippen LogP contribution in [-0.4, -0.2) is 10.8 Å². The Bertz CT molecular complexity index is 667. The zero-order valence-corrected chi connectivity index (χ0v) is 11.6. The van der Waals surface area contributed by atoms with Crippen molar-refractivity contribution in [2.45, 2.75) is 13.5 Å². The number of aryl methyl sites for hydroxylation is 1. The first-order valence-electron chi connectivity index (χ1n) is 5.83. The predicted octanol–water partition coefficient (Wildman–Crippen LogP) is 2.68. The average molecular weight is 291 g/mol. The fourth-order valence-electron chi connectivity index (χ4n) is 1.76. The van der Waals surface area contributed by atoms with E-state index in [1.54, 1.807) is 29.6 Å². The minimum Gasteiger partial charge on any atom is -0.381 e. The molecule has 3 N–H and O–H groups in total. The van der Waals surface area contributed by atoms with Crippen molar-refractivity contribution in [3.05, 3.63) is 56.5 Å². The monoisotopic (exact) mass is 291 g/mol. The van der Waals surface area contributed by atoms with E-state index in [4.69, 9.17) is 5.73 Å². The Labute approximate surface area is 119 Å². The van der Waals surface area contributed by atoms with Crippen molar-refractivity contribution in [1.29, 1.82) is 0 Å². The Kier molecular flexibility index (Phi) is 3.99. The molecule has 1 heterocycles. The second-order valence-corrected chi connectivity index (χ2v) is 5.19. The van der Waals surface area contributed by atoms with E-state index in [0.717, 1.165) is 28.2 Å². The summed E-state index contributed by atoms with van der Waals surface area (Å²) in [5, 5.41) is 15.7. The highest BCUT2D eigenvalue weighted by atomic mass is 32.1. The molecule has 7 heteroatoms. The smallest absolute Gasteiger partial charge is 0.324 e. The van der Waals surface area contributed by atoms with Gasteiger partial charge in [-0.25, -0.2) is 0 Å². The number of primary amides is 1. The summed E-state index contributed by atoms with van der Waals surface area (Å²) in [6.45, 7) is 2.35. The van der Waals surface area contributed by atoms with Crippen molar-refractivity contribution in [2.24, 2.45) is 5.73 Å². The minimum atomic E-state index is -0.465. The number of rotatable bonds is 5. The molecule has 0 unspecified atom stereocenters. The molecule has 2 rings (SSSR count). The molecule has 1 aromatic carbocycles. The highest BCUT2D eigenvalue weighted by molar-refractivity contribution is 7.13. The van der Waals surface area contributed by atoms with E-state index < -0.39 is 10.8 Å².